The van der Waals surface area contributed by atoms with E-state index in [-0.39, 0.29) is 5.60 Å². The van der Waals surface area contributed by atoms with Crippen molar-refractivity contribution in [1.29, 1.82) is 0 Å². The molecular formula is C30H39N5O2. The third-order valence-electron chi connectivity index (χ3n) is 9.56. The van der Waals surface area contributed by atoms with E-state index in [1.807, 2.05) is 40.9 Å². The third-order valence-corrected chi connectivity index (χ3v) is 9.56. The van der Waals surface area contributed by atoms with Crippen LogP contribution in [-0.2, 0) is 15.1 Å². The van der Waals surface area contributed by atoms with Gasteiger partial charge in [0.15, 0.2) is 11.5 Å². The molecule has 1 spiro atoms. The van der Waals surface area contributed by atoms with Crippen molar-refractivity contribution in [1.82, 2.24) is 19.9 Å². The highest BCUT2D eigenvalue weighted by Crippen LogP contribution is 2.59. The predicted molar refractivity (Wildman–Crippen MR) is 144 cm³/mol. The lowest BCUT2D eigenvalue weighted by atomic mass is 9.62. The smallest absolute Gasteiger partial charge is 0.183 e. The number of benzene rings is 1. The Kier molecular flexibility index (Phi) is 5.79. The number of ether oxygens (including phenoxy) is 2. The second kappa shape index (κ2) is 9.07. The Labute approximate surface area is 219 Å². The van der Waals surface area contributed by atoms with Crippen molar-refractivity contribution in [3.8, 4) is 0 Å². The summed E-state index contributed by atoms with van der Waals surface area (Å²) >= 11 is 0. The molecule has 7 nitrogen and oxygen atoms in total. The SMILES string of the molecule is Cc1cc(N2CCC(C)C2)cn2nc(C34CC(CO3)C4COC3CC4(CNC4)C3)nc12.c1ccccc1. The Hall–Kier alpha value is -2.48. The van der Waals surface area contributed by atoms with Crippen LogP contribution in [0.4, 0.5) is 5.69 Å². The first-order valence-electron chi connectivity index (χ1n) is 14.1. The number of aromatic nitrogens is 3. The topological polar surface area (TPSA) is 63.9 Å². The Morgan fingerprint density at radius 3 is 2.49 bits per heavy atom. The van der Waals surface area contributed by atoms with Gasteiger partial charge in [0.2, 0.25) is 0 Å². The summed E-state index contributed by atoms with van der Waals surface area (Å²) in [4.78, 5) is 7.46. The van der Waals surface area contributed by atoms with Crippen molar-refractivity contribution in [2.75, 3.05) is 44.3 Å². The van der Waals surface area contributed by atoms with Gasteiger partial charge in [0.05, 0.1) is 31.2 Å². The summed E-state index contributed by atoms with van der Waals surface area (Å²) in [5, 5.41) is 8.37. The highest BCUT2D eigenvalue weighted by Gasteiger charge is 2.64. The van der Waals surface area contributed by atoms with Crippen LogP contribution in [0.25, 0.3) is 5.65 Å². The summed E-state index contributed by atoms with van der Waals surface area (Å²) in [7, 11) is 0. The molecule has 6 fully saturated rings. The van der Waals surface area contributed by atoms with Crippen LogP contribution < -0.4 is 10.2 Å². The van der Waals surface area contributed by atoms with Crippen molar-refractivity contribution in [3.63, 3.8) is 0 Å². The molecule has 0 amide bonds. The van der Waals surface area contributed by atoms with E-state index in [1.54, 1.807) is 0 Å². The number of nitrogens with one attached hydrogen (secondary N) is 1. The molecule has 2 saturated carbocycles. The molecule has 2 aliphatic carbocycles. The van der Waals surface area contributed by atoms with E-state index in [2.05, 4.69) is 36.3 Å². The van der Waals surface area contributed by atoms with Crippen molar-refractivity contribution >= 4 is 11.3 Å². The van der Waals surface area contributed by atoms with Crippen LogP contribution >= 0.6 is 0 Å². The van der Waals surface area contributed by atoms with E-state index < -0.39 is 0 Å². The number of hydrogen-bond donors (Lipinski definition) is 1. The molecule has 7 heteroatoms. The molecule has 37 heavy (non-hydrogen) atoms. The Balaban J connectivity index is 0.000000342. The highest BCUT2D eigenvalue weighted by atomic mass is 16.5. The van der Waals surface area contributed by atoms with Gasteiger partial charge in [-0.05, 0) is 56.1 Å². The van der Waals surface area contributed by atoms with Gasteiger partial charge >= 0.3 is 0 Å². The van der Waals surface area contributed by atoms with Crippen molar-refractivity contribution in [2.24, 2.45) is 23.2 Å². The van der Waals surface area contributed by atoms with Gasteiger partial charge in [-0.15, -0.1) is 5.10 Å². The minimum absolute atomic E-state index is 0.342. The molecule has 4 atom stereocenters. The second-order valence-corrected chi connectivity index (χ2v) is 12.3. The van der Waals surface area contributed by atoms with E-state index >= 15 is 0 Å². The maximum atomic E-state index is 6.36. The van der Waals surface area contributed by atoms with Gasteiger partial charge in [-0.3, -0.25) is 0 Å². The van der Waals surface area contributed by atoms with Crippen molar-refractivity contribution < 1.29 is 9.47 Å². The van der Waals surface area contributed by atoms with Gasteiger partial charge in [0.25, 0.3) is 0 Å². The van der Waals surface area contributed by atoms with Crippen LogP contribution in [0, 0.1) is 30.1 Å². The summed E-state index contributed by atoms with van der Waals surface area (Å²) in [6, 6.07) is 14.3. The lowest BCUT2D eigenvalue weighted by Gasteiger charge is -2.54. The van der Waals surface area contributed by atoms with Crippen LogP contribution in [0.1, 0.15) is 44.0 Å². The quantitative estimate of drug-likeness (QED) is 0.565. The third kappa shape index (κ3) is 4.06. The van der Waals surface area contributed by atoms with Gasteiger partial charge in [-0.2, -0.15) is 0 Å². The monoisotopic (exact) mass is 501 g/mol. The van der Waals surface area contributed by atoms with Crippen LogP contribution in [0.2, 0.25) is 0 Å². The summed E-state index contributed by atoms with van der Waals surface area (Å²) in [6.45, 7) is 10.7. The molecule has 3 aromatic rings. The summed E-state index contributed by atoms with van der Waals surface area (Å²) in [6.07, 6.45) is 7.32. The van der Waals surface area contributed by atoms with E-state index in [0.29, 0.717) is 23.4 Å². The average Bonchev–Trinajstić information content (AvgIpc) is 3.63. The van der Waals surface area contributed by atoms with Gasteiger partial charge in [0, 0.05) is 37.5 Å². The fraction of sp³-hybridized carbons (Fsp3) is 0.600. The largest absolute Gasteiger partial charge is 0.378 e. The Bertz CT molecular complexity index is 1220. The van der Waals surface area contributed by atoms with Gasteiger partial charge in [-0.25, -0.2) is 9.50 Å². The zero-order chi connectivity index (χ0) is 25.0. The first kappa shape index (κ1) is 23.6. The number of fused-ring (bicyclic) bond motifs is 2. The average molecular weight is 502 g/mol. The molecule has 4 aliphatic heterocycles. The number of anilines is 1. The molecule has 6 aliphatic rings. The summed E-state index contributed by atoms with van der Waals surface area (Å²) in [5.41, 5.74) is 3.61. The lowest BCUT2D eigenvalue weighted by Crippen LogP contribution is -2.62. The number of rotatable bonds is 5. The van der Waals surface area contributed by atoms with Gasteiger partial charge in [-0.1, -0.05) is 43.3 Å². The zero-order valence-electron chi connectivity index (χ0n) is 22.1. The lowest BCUT2D eigenvalue weighted by molar-refractivity contribution is -0.150. The number of nitrogens with zero attached hydrogens (tertiary/aromatic N) is 4. The van der Waals surface area contributed by atoms with Gasteiger partial charge < -0.3 is 19.7 Å². The predicted octanol–water partition coefficient (Wildman–Crippen LogP) is 4.20. The summed E-state index contributed by atoms with van der Waals surface area (Å²) < 4.78 is 14.7. The second-order valence-electron chi connectivity index (χ2n) is 12.3. The molecule has 4 saturated heterocycles. The van der Waals surface area contributed by atoms with E-state index in [4.69, 9.17) is 19.6 Å². The minimum Gasteiger partial charge on any atom is -0.378 e. The Morgan fingerprint density at radius 1 is 1.11 bits per heavy atom. The zero-order valence-corrected chi connectivity index (χ0v) is 22.1. The van der Waals surface area contributed by atoms with Crippen LogP contribution in [0.5, 0.6) is 0 Å². The number of pyridine rings is 1. The molecule has 1 N–H and O–H groups in total. The van der Waals surface area contributed by atoms with Crippen molar-refractivity contribution in [3.05, 3.63) is 60.0 Å². The molecule has 6 heterocycles. The summed E-state index contributed by atoms with van der Waals surface area (Å²) in [5.74, 6) is 2.60. The molecular weight excluding hydrogens is 462 g/mol. The van der Waals surface area contributed by atoms with Crippen molar-refractivity contribution in [2.45, 2.75) is 51.2 Å². The molecule has 1 aromatic carbocycles. The van der Waals surface area contributed by atoms with Crippen LogP contribution in [-0.4, -0.2) is 60.1 Å². The van der Waals surface area contributed by atoms with Crippen LogP contribution in [0.15, 0.2) is 48.7 Å². The molecule has 196 valence electrons. The van der Waals surface area contributed by atoms with Gasteiger partial charge in [0.1, 0.15) is 5.60 Å². The van der Waals surface area contributed by atoms with E-state index in [9.17, 15) is 0 Å². The van der Waals surface area contributed by atoms with Crippen LogP contribution in [0.3, 0.4) is 0 Å². The Morgan fingerprint density at radius 2 is 1.86 bits per heavy atom. The molecule has 2 aromatic heterocycles. The molecule has 9 rings (SSSR count). The fourth-order valence-corrected chi connectivity index (χ4v) is 7.16. The molecule has 0 radical (unpaired) electrons. The fourth-order valence-electron chi connectivity index (χ4n) is 7.16. The molecule has 4 unspecified atom stereocenters. The first-order chi connectivity index (χ1) is 18.0. The number of aryl methyl sites for hydroxylation is 1. The van der Waals surface area contributed by atoms with E-state index in [0.717, 1.165) is 50.1 Å². The maximum Gasteiger partial charge on any atom is 0.183 e. The van der Waals surface area contributed by atoms with E-state index in [1.165, 1.54) is 43.6 Å². The standard InChI is InChI=1S/C24H33N5O2.C6H6/c1-15-3-4-28(9-15)18-5-16(2)21-26-22(27-29(21)10-18)24-6-17(11-31-24)20(24)12-30-19-7-23(8-19)13-25-14-23;1-2-4-6-5-3-1/h5,10,15,17,19-20,25H,3-4,6-9,11-14H2,1-2H3;1-6H. The maximum absolute atomic E-state index is 6.36. The first-order valence-corrected chi connectivity index (χ1v) is 14.1. The minimum atomic E-state index is -0.342. The normalized spacial score (nSPS) is 31.5. The molecule has 2 bridgehead atoms. The highest BCUT2D eigenvalue weighted by molar-refractivity contribution is 5.57. The number of hydrogen-bond acceptors (Lipinski definition) is 6.